The molecule has 4 atom stereocenters. The molecule has 1 saturated carbocycles. The number of nitrogens with zero attached hydrogens (tertiary/aromatic N) is 1. The highest BCUT2D eigenvalue weighted by molar-refractivity contribution is 5.05. The maximum absolute atomic E-state index is 5.82. The Morgan fingerprint density at radius 1 is 1.45 bits per heavy atom. The Morgan fingerprint density at radius 3 is 2.55 bits per heavy atom. The second kappa shape index (κ2) is 2.46. The summed E-state index contributed by atoms with van der Waals surface area (Å²) in [7, 11) is 4.32. The normalized spacial score (nSPS) is 48.0. The van der Waals surface area contributed by atoms with Gasteiger partial charge in [-0.1, -0.05) is 6.92 Å². The predicted octanol–water partition coefficient (Wildman–Crippen LogP) is 1.11. The largest absolute Gasteiger partial charge is 0.373 e. The molecule has 2 bridgehead atoms. The van der Waals surface area contributed by atoms with E-state index in [4.69, 9.17) is 4.74 Å². The van der Waals surface area contributed by atoms with Crippen molar-refractivity contribution in [3.8, 4) is 0 Å². The van der Waals surface area contributed by atoms with Crippen LogP contribution in [0, 0.1) is 5.92 Å². The van der Waals surface area contributed by atoms with Crippen LogP contribution in [0.2, 0.25) is 0 Å². The molecule has 2 heterocycles. The van der Waals surface area contributed by atoms with E-state index in [1.165, 1.54) is 12.8 Å². The third-order valence-electron chi connectivity index (χ3n) is 3.15. The number of hydrogen-bond acceptors (Lipinski definition) is 2. The van der Waals surface area contributed by atoms with E-state index in [2.05, 4.69) is 25.9 Å². The van der Waals surface area contributed by atoms with E-state index in [1.54, 1.807) is 0 Å². The summed E-state index contributed by atoms with van der Waals surface area (Å²) in [5.74, 6) is 0.833. The van der Waals surface area contributed by atoms with Gasteiger partial charge < -0.3 is 9.64 Å². The Morgan fingerprint density at radius 2 is 2.18 bits per heavy atom. The summed E-state index contributed by atoms with van der Waals surface area (Å²) < 4.78 is 5.82. The molecule has 3 fully saturated rings. The molecule has 0 aromatic heterocycles. The second-order valence-electron chi connectivity index (χ2n) is 3.97. The van der Waals surface area contributed by atoms with Crippen molar-refractivity contribution >= 4 is 0 Å². The quantitative estimate of drug-likeness (QED) is 0.592. The average Bonchev–Trinajstić information content (AvgIpc) is 2.39. The van der Waals surface area contributed by atoms with Crippen molar-refractivity contribution in [3.63, 3.8) is 0 Å². The first-order chi connectivity index (χ1) is 5.24. The molecule has 2 saturated heterocycles. The highest BCUT2D eigenvalue weighted by Crippen LogP contribution is 2.46. The minimum atomic E-state index is 0.556. The molecule has 3 rings (SSSR count). The van der Waals surface area contributed by atoms with Gasteiger partial charge in [-0.3, -0.25) is 0 Å². The van der Waals surface area contributed by atoms with E-state index in [0.29, 0.717) is 12.2 Å². The Balaban J connectivity index is 2.00. The van der Waals surface area contributed by atoms with Gasteiger partial charge in [0.25, 0.3) is 0 Å². The molecule has 3 aliphatic rings. The van der Waals surface area contributed by atoms with E-state index in [0.717, 1.165) is 12.0 Å². The number of ether oxygens (including phenoxy) is 1. The SMILES string of the molecule is CCC1OC2CC1C2N(C)C. The van der Waals surface area contributed by atoms with Crippen LogP contribution < -0.4 is 0 Å². The lowest BCUT2D eigenvalue weighted by molar-refractivity contribution is 0.0310. The molecule has 64 valence electrons. The minimum Gasteiger partial charge on any atom is -0.373 e. The van der Waals surface area contributed by atoms with Crippen molar-refractivity contribution in [1.82, 2.24) is 4.90 Å². The van der Waals surface area contributed by atoms with Gasteiger partial charge in [0.05, 0.1) is 12.2 Å². The average molecular weight is 155 g/mol. The Bertz CT molecular complexity index is 158. The molecule has 2 aliphatic heterocycles. The van der Waals surface area contributed by atoms with Crippen molar-refractivity contribution in [1.29, 1.82) is 0 Å². The van der Waals surface area contributed by atoms with Crippen LogP contribution in [-0.4, -0.2) is 37.2 Å². The molecule has 2 nitrogen and oxygen atoms in total. The van der Waals surface area contributed by atoms with E-state index in [1.807, 2.05) is 0 Å². The summed E-state index contributed by atoms with van der Waals surface area (Å²) in [6.45, 7) is 2.22. The summed E-state index contributed by atoms with van der Waals surface area (Å²) in [5.41, 5.74) is 0. The van der Waals surface area contributed by atoms with E-state index in [9.17, 15) is 0 Å². The fourth-order valence-corrected chi connectivity index (χ4v) is 2.57. The van der Waals surface area contributed by atoms with E-state index in [-0.39, 0.29) is 0 Å². The first kappa shape index (κ1) is 7.56. The van der Waals surface area contributed by atoms with Crippen molar-refractivity contribution in [3.05, 3.63) is 0 Å². The van der Waals surface area contributed by atoms with Gasteiger partial charge in [0, 0.05) is 12.0 Å². The van der Waals surface area contributed by atoms with E-state index >= 15 is 0 Å². The third kappa shape index (κ3) is 0.926. The molecule has 0 amide bonds. The van der Waals surface area contributed by atoms with Crippen molar-refractivity contribution in [2.75, 3.05) is 14.1 Å². The number of rotatable bonds is 2. The summed E-state index contributed by atoms with van der Waals surface area (Å²) in [4.78, 5) is 2.31. The zero-order chi connectivity index (χ0) is 8.01. The second-order valence-corrected chi connectivity index (χ2v) is 3.97. The summed E-state index contributed by atoms with van der Waals surface area (Å²) in [6, 6.07) is 0.722. The van der Waals surface area contributed by atoms with Crippen LogP contribution in [-0.2, 0) is 4.74 Å². The molecule has 1 aliphatic carbocycles. The fourth-order valence-electron chi connectivity index (χ4n) is 2.57. The zero-order valence-electron chi connectivity index (χ0n) is 7.58. The van der Waals surface area contributed by atoms with Gasteiger partial charge in [-0.2, -0.15) is 0 Å². The van der Waals surface area contributed by atoms with Crippen LogP contribution >= 0.6 is 0 Å². The fraction of sp³-hybridized carbons (Fsp3) is 1.00. The third-order valence-corrected chi connectivity index (χ3v) is 3.15. The highest BCUT2D eigenvalue weighted by Gasteiger charge is 2.54. The molecule has 0 aromatic rings. The Hall–Kier alpha value is -0.0800. The Labute approximate surface area is 68.5 Å². The predicted molar refractivity (Wildman–Crippen MR) is 44.5 cm³/mol. The van der Waals surface area contributed by atoms with Crippen LogP contribution in [0.25, 0.3) is 0 Å². The highest BCUT2D eigenvalue weighted by atomic mass is 16.5. The standard InChI is InChI=1S/C9H17NO/c1-4-7-6-5-8(11-7)9(6)10(2)3/h6-9H,4-5H2,1-3H3. The van der Waals surface area contributed by atoms with Gasteiger partial charge in [0.2, 0.25) is 0 Å². The van der Waals surface area contributed by atoms with Crippen LogP contribution in [0.15, 0.2) is 0 Å². The Kier molecular flexibility index (Phi) is 1.69. The maximum Gasteiger partial charge on any atom is 0.0741 e. The lowest BCUT2D eigenvalue weighted by atomic mass is 9.76. The van der Waals surface area contributed by atoms with Crippen molar-refractivity contribution in [2.24, 2.45) is 5.92 Å². The molecular weight excluding hydrogens is 138 g/mol. The summed E-state index contributed by atoms with van der Waals surface area (Å²) >= 11 is 0. The lowest BCUT2D eigenvalue weighted by Gasteiger charge is -2.38. The molecular formula is C9H17NO. The number of fused-ring (bicyclic) bond motifs is 1. The van der Waals surface area contributed by atoms with Crippen LogP contribution in [0.3, 0.4) is 0 Å². The van der Waals surface area contributed by atoms with Gasteiger partial charge >= 0.3 is 0 Å². The zero-order valence-corrected chi connectivity index (χ0v) is 7.58. The number of hydrogen-bond donors (Lipinski definition) is 0. The molecule has 0 radical (unpaired) electrons. The van der Waals surface area contributed by atoms with Gasteiger partial charge in [-0.25, -0.2) is 0 Å². The minimum absolute atomic E-state index is 0.556. The van der Waals surface area contributed by atoms with Crippen LogP contribution in [0.4, 0.5) is 0 Å². The molecule has 11 heavy (non-hydrogen) atoms. The lowest BCUT2D eigenvalue weighted by Crippen LogP contribution is -2.50. The molecule has 4 unspecified atom stereocenters. The van der Waals surface area contributed by atoms with Gasteiger partial charge in [0.15, 0.2) is 0 Å². The summed E-state index contributed by atoms with van der Waals surface area (Å²) in [5, 5.41) is 0. The smallest absolute Gasteiger partial charge is 0.0741 e. The summed E-state index contributed by atoms with van der Waals surface area (Å²) in [6.07, 6.45) is 3.61. The van der Waals surface area contributed by atoms with Gasteiger partial charge in [-0.05, 0) is 26.9 Å². The number of likely N-dealkylation sites (N-methyl/N-ethyl adjacent to an activating group) is 1. The van der Waals surface area contributed by atoms with E-state index < -0.39 is 0 Å². The maximum atomic E-state index is 5.82. The molecule has 0 aromatic carbocycles. The molecule has 2 heteroatoms. The van der Waals surface area contributed by atoms with Crippen LogP contribution in [0.1, 0.15) is 19.8 Å². The monoisotopic (exact) mass is 155 g/mol. The molecule has 0 N–H and O–H groups in total. The molecule has 0 spiro atoms. The van der Waals surface area contributed by atoms with Gasteiger partial charge in [-0.15, -0.1) is 0 Å². The first-order valence-corrected chi connectivity index (χ1v) is 4.56. The topological polar surface area (TPSA) is 12.5 Å². The van der Waals surface area contributed by atoms with Gasteiger partial charge in [0.1, 0.15) is 0 Å². The van der Waals surface area contributed by atoms with Crippen molar-refractivity contribution in [2.45, 2.75) is 38.0 Å². The first-order valence-electron chi connectivity index (χ1n) is 4.56. The van der Waals surface area contributed by atoms with Crippen LogP contribution in [0.5, 0.6) is 0 Å². The van der Waals surface area contributed by atoms with Crippen molar-refractivity contribution < 1.29 is 4.74 Å².